The van der Waals surface area contributed by atoms with Crippen LogP contribution in [0.2, 0.25) is 0 Å². The van der Waals surface area contributed by atoms with Gasteiger partial charge in [0.25, 0.3) is 0 Å². The quantitative estimate of drug-likeness (QED) is 0.855. The Kier molecular flexibility index (Phi) is 4.01. The van der Waals surface area contributed by atoms with Crippen LogP contribution in [0.4, 0.5) is 0 Å². The van der Waals surface area contributed by atoms with E-state index in [2.05, 4.69) is 33.7 Å². The number of nitrogens with zero attached hydrogens (tertiary/aromatic N) is 1. The highest BCUT2D eigenvalue weighted by molar-refractivity contribution is 5.39. The molecular formula is C15H23N3O. The van der Waals surface area contributed by atoms with Crippen LogP contribution in [0.3, 0.4) is 0 Å². The highest BCUT2D eigenvalue weighted by Gasteiger charge is 2.22. The third-order valence-electron chi connectivity index (χ3n) is 4.04. The van der Waals surface area contributed by atoms with Gasteiger partial charge in [-0.25, -0.2) is 0 Å². The van der Waals surface area contributed by atoms with Crippen molar-refractivity contribution in [2.75, 3.05) is 39.8 Å². The van der Waals surface area contributed by atoms with Gasteiger partial charge in [0.05, 0.1) is 12.8 Å². The summed E-state index contributed by atoms with van der Waals surface area (Å²) in [6.07, 6.45) is 2.59. The van der Waals surface area contributed by atoms with E-state index < -0.39 is 0 Å². The van der Waals surface area contributed by atoms with Crippen molar-refractivity contribution in [3.8, 4) is 5.75 Å². The van der Waals surface area contributed by atoms with Gasteiger partial charge in [0.2, 0.25) is 0 Å². The van der Waals surface area contributed by atoms with Gasteiger partial charge in [-0.3, -0.25) is 4.90 Å². The molecular weight excluding hydrogens is 238 g/mol. The first-order chi connectivity index (χ1) is 9.38. The predicted octanol–water partition coefficient (Wildman–Crippen LogP) is 1.13. The third kappa shape index (κ3) is 2.76. The monoisotopic (exact) mass is 261 g/mol. The molecule has 2 N–H and O–H groups in total. The average Bonchev–Trinajstić information content (AvgIpc) is 2.49. The second-order valence-electron chi connectivity index (χ2n) is 5.30. The minimum absolute atomic E-state index is 0.314. The third-order valence-corrected chi connectivity index (χ3v) is 4.04. The van der Waals surface area contributed by atoms with Gasteiger partial charge in [0, 0.05) is 26.2 Å². The molecule has 1 aromatic carbocycles. The van der Waals surface area contributed by atoms with E-state index in [-0.39, 0.29) is 0 Å². The molecule has 2 aliphatic rings. The molecule has 19 heavy (non-hydrogen) atoms. The first-order valence-electron chi connectivity index (χ1n) is 7.26. The number of benzene rings is 1. The molecule has 0 aliphatic carbocycles. The Balaban J connectivity index is 1.82. The van der Waals surface area contributed by atoms with Crippen LogP contribution in [0.1, 0.15) is 23.7 Å². The Hall–Kier alpha value is -1.10. The second-order valence-corrected chi connectivity index (χ2v) is 5.30. The zero-order valence-electron chi connectivity index (χ0n) is 11.6. The molecule has 1 unspecified atom stereocenters. The van der Waals surface area contributed by atoms with Crippen molar-refractivity contribution in [1.82, 2.24) is 15.5 Å². The number of hydrogen-bond acceptors (Lipinski definition) is 4. The normalized spacial score (nSPS) is 21.5. The van der Waals surface area contributed by atoms with E-state index in [9.17, 15) is 0 Å². The van der Waals surface area contributed by atoms with Gasteiger partial charge in [0.1, 0.15) is 5.75 Å². The lowest BCUT2D eigenvalue weighted by Crippen LogP contribution is -2.48. The van der Waals surface area contributed by atoms with Crippen molar-refractivity contribution < 1.29 is 4.74 Å². The van der Waals surface area contributed by atoms with Crippen molar-refractivity contribution in [3.63, 3.8) is 0 Å². The molecule has 0 bridgehead atoms. The molecule has 0 amide bonds. The summed E-state index contributed by atoms with van der Waals surface area (Å²) in [7, 11) is 2.04. The van der Waals surface area contributed by atoms with Gasteiger partial charge < -0.3 is 15.4 Å². The van der Waals surface area contributed by atoms with Crippen molar-refractivity contribution in [1.29, 1.82) is 0 Å². The molecule has 4 heteroatoms. The van der Waals surface area contributed by atoms with Gasteiger partial charge in [-0.05, 0) is 43.1 Å². The fraction of sp³-hybridized carbons (Fsp3) is 0.600. The maximum absolute atomic E-state index is 5.69. The van der Waals surface area contributed by atoms with E-state index in [1.165, 1.54) is 11.1 Å². The summed E-state index contributed by atoms with van der Waals surface area (Å²) < 4.78 is 5.69. The van der Waals surface area contributed by atoms with E-state index in [0.717, 1.165) is 51.4 Å². The predicted molar refractivity (Wildman–Crippen MR) is 76.5 cm³/mol. The van der Waals surface area contributed by atoms with Crippen molar-refractivity contribution >= 4 is 0 Å². The molecule has 0 aromatic heterocycles. The summed E-state index contributed by atoms with van der Waals surface area (Å²) in [5, 5.41) is 6.86. The second kappa shape index (κ2) is 5.90. The highest BCUT2D eigenvalue weighted by Crippen LogP contribution is 2.28. The van der Waals surface area contributed by atoms with Crippen LogP contribution in [-0.4, -0.2) is 44.7 Å². The molecule has 2 heterocycles. The minimum Gasteiger partial charge on any atom is -0.493 e. The Morgan fingerprint density at radius 1 is 1.32 bits per heavy atom. The van der Waals surface area contributed by atoms with Crippen molar-refractivity contribution in [2.45, 2.75) is 19.0 Å². The number of rotatable bonds is 3. The van der Waals surface area contributed by atoms with Crippen LogP contribution < -0.4 is 15.4 Å². The van der Waals surface area contributed by atoms with Crippen LogP contribution in [0, 0.1) is 0 Å². The minimum atomic E-state index is 0.314. The molecule has 0 radical (unpaired) electrons. The average molecular weight is 261 g/mol. The Morgan fingerprint density at radius 3 is 2.95 bits per heavy atom. The van der Waals surface area contributed by atoms with Crippen molar-refractivity contribution in [3.05, 3.63) is 29.3 Å². The van der Waals surface area contributed by atoms with Crippen LogP contribution in [-0.2, 0) is 6.42 Å². The Bertz CT molecular complexity index is 429. The largest absolute Gasteiger partial charge is 0.493 e. The standard InChI is InChI=1S/C15H23N3O/c1-16-15(18-8-6-17-7-9-18)13-4-5-14-12(11-13)3-2-10-19-14/h4-5,11,15-17H,2-3,6-10H2,1H3. The molecule has 1 saturated heterocycles. The SMILES string of the molecule is CNC(c1ccc2c(c1)CCCO2)N1CCNCC1. The lowest BCUT2D eigenvalue weighted by Gasteiger charge is -2.35. The molecule has 0 saturated carbocycles. The number of hydrogen-bond donors (Lipinski definition) is 2. The summed E-state index contributed by atoms with van der Waals surface area (Å²) in [4.78, 5) is 2.50. The van der Waals surface area contributed by atoms with Gasteiger partial charge in [-0.15, -0.1) is 0 Å². The highest BCUT2D eigenvalue weighted by atomic mass is 16.5. The smallest absolute Gasteiger partial charge is 0.122 e. The van der Waals surface area contributed by atoms with E-state index in [1.54, 1.807) is 0 Å². The number of fused-ring (bicyclic) bond motifs is 1. The maximum atomic E-state index is 5.69. The van der Waals surface area contributed by atoms with Gasteiger partial charge in [0.15, 0.2) is 0 Å². The molecule has 104 valence electrons. The van der Waals surface area contributed by atoms with E-state index in [1.807, 2.05) is 7.05 Å². The Labute approximate surface area is 115 Å². The lowest BCUT2D eigenvalue weighted by molar-refractivity contribution is 0.153. The van der Waals surface area contributed by atoms with Gasteiger partial charge in [-0.1, -0.05) is 6.07 Å². The zero-order chi connectivity index (χ0) is 13.1. The Morgan fingerprint density at radius 2 is 2.16 bits per heavy atom. The number of ether oxygens (including phenoxy) is 1. The molecule has 1 fully saturated rings. The van der Waals surface area contributed by atoms with Gasteiger partial charge in [-0.2, -0.15) is 0 Å². The lowest BCUT2D eigenvalue weighted by atomic mass is 10.0. The molecule has 1 aromatic rings. The summed E-state index contributed by atoms with van der Waals surface area (Å²) >= 11 is 0. The number of nitrogens with one attached hydrogen (secondary N) is 2. The zero-order valence-corrected chi connectivity index (χ0v) is 11.6. The summed E-state index contributed by atoms with van der Waals surface area (Å²) in [5.41, 5.74) is 2.72. The maximum Gasteiger partial charge on any atom is 0.122 e. The fourth-order valence-electron chi connectivity index (χ4n) is 3.05. The van der Waals surface area contributed by atoms with Crippen molar-refractivity contribution in [2.24, 2.45) is 0 Å². The molecule has 4 nitrogen and oxygen atoms in total. The first-order valence-corrected chi connectivity index (χ1v) is 7.26. The van der Waals surface area contributed by atoms with Crippen LogP contribution in [0.5, 0.6) is 5.75 Å². The van der Waals surface area contributed by atoms with E-state index >= 15 is 0 Å². The number of piperazine rings is 1. The number of aryl methyl sites for hydroxylation is 1. The summed E-state index contributed by atoms with van der Waals surface area (Å²) in [5.74, 6) is 1.07. The van der Waals surface area contributed by atoms with E-state index in [0.29, 0.717) is 6.17 Å². The summed E-state index contributed by atoms with van der Waals surface area (Å²) in [6.45, 7) is 5.20. The van der Waals surface area contributed by atoms with Crippen LogP contribution >= 0.6 is 0 Å². The molecule has 0 spiro atoms. The molecule has 3 rings (SSSR count). The molecule has 1 atom stereocenters. The van der Waals surface area contributed by atoms with Crippen LogP contribution in [0.15, 0.2) is 18.2 Å². The summed E-state index contributed by atoms with van der Waals surface area (Å²) in [6, 6.07) is 6.65. The van der Waals surface area contributed by atoms with Crippen LogP contribution in [0.25, 0.3) is 0 Å². The first kappa shape index (κ1) is 12.9. The van der Waals surface area contributed by atoms with E-state index in [4.69, 9.17) is 4.74 Å². The topological polar surface area (TPSA) is 36.5 Å². The molecule has 2 aliphatic heterocycles. The fourth-order valence-corrected chi connectivity index (χ4v) is 3.05. The van der Waals surface area contributed by atoms with Gasteiger partial charge >= 0.3 is 0 Å².